The minimum atomic E-state index is 0.694. The van der Waals surface area contributed by atoms with E-state index in [-0.39, 0.29) is 0 Å². The Morgan fingerprint density at radius 1 is 1.44 bits per heavy atom. The van der Waals surface area contributed by atoms with Gasteiger partial charge >= 0.3 is 0 Å². The van der Waals surface area contributed by atoms with Gasteiger partial charge in [0, 0.05) is 11.7 Å². The summed E-state index contributed by atoms with van der Waals surface area (Å²) < 4.78 is 2.39. The molecule has 0 spiro atoms. The van der Waals surface area contributed by atoms with E-state index in [1.54, 1.807) is 0 Å². The summed E-state index contributed by atoms with van der Waals surface area (Å²) in [5, 5.41) is 0. The Morgan fingerprint density at radius 3 is 2.62 bits per heavy atom. The van der Waals surface area contributed by atoms with Crippen molar-refractivity contribution < 1.29 is 0 Å². The Bertz CT molecular complexity index is 434. The summed E-state index contributed by atoms with van der Waals surface area (Å²) in [6, 6.07) is 0.694. The second-order valence-electron chi connectivity index (χ2n) is 4.76. The zero-order valence-electron chi connectivity index (χ0n) is 10.5. The first-order valence-electron chi connectivity index (χ1n) is 5.98. The van der Waals surface area contributed by atoms with E-state index in [9.17, 15) is 0 Å². The Morgan fingerprint density at radius 2 is 2.12 bits per heavy atom. The number of nitrogens with zero attached hydrogens (tertiary/aromatic N) is 2. The van der Waals surface area contributed by atoms with Gasteiger partial charge in [0.1, 0.15) is 5.82 Å². The third-order valence-corrected chi connectivity index (χ3v) is 3.33. The standard InChI is InChI=1S/C14H20N2/c1-10(2)8-9-14-11(3)16(12(4)15-14)13-6-5-7-13/h8-9,13H,1,5-7H2,2-4H3/b9-8-. The summed E-state index contributed by atoms with van der Waals surface area (Å²) >= 11 is 0. The maximum absolute atomic E-state index is 4.62. The van der Waals surface area contributed by atoms with E-state index in [0.717, 1.165) is 17.1 Å². The highest BCUT2D eigenvalue weighted by Gasteiger charge is 2.23. The van der Waals surface area contributed by atoms with Crippen LogP contribution in [0.3, 0.4) is 0 Å². The van der Waals surface area contributed by atoms with Crippen LogP contribution in [0.2, 0.25) is 0 Å². The molecule has 0 amide bonds. The Hall–Kier alpha value is -1.31. The van der Waals surface area contributed by atoms with Gasteiger partial charge in [-0.15, -0.1) is 0 Å². The second kappa shape index (κ2) is 4.28. The molecular formula is C14H20N2. The summed E-state index contributed by atoms with van der Waals surface area (Å²) in [5.74, 6) is 1.14. The number of aromatic nitrogens is 2. The molecule has 1 aromatic rings. The van der Waals surface area contributed by atoms with Crippen molar-refractivity contribution in [2.24, 2.45) is 0 Å². The van der Waals surface area contributed by atoms with Crippen molar-refractivity contribution >= 4 is 6.08 Å². The van der Waals surface area contributed by atoms with Gasteiger partial charge in [-0.1, -0.05) is 18.2 Å². The molecule has 2 heteroatoms. The van der Waals surface area contributed by atoms with Crippen LogP contribution in [0.1, 0.15) is 49.4 Å². The Balaban J connectivity index is 2.30. The van der Waals surface area contributed by atoms with E-state index in [4.69, 9.17) is 0 Å². The van der Waals surface area contributed by atoms with Crippen molar-refractivity contribution in [1.82, 2.24) is 9.55 Å². The lowest BCUT2D eigenvalue weighted by Crippen LogP contribution is -2.19. The summed E-state index contributed by atoms with van der Waals surface area (Å²) in [6.45, 7) is 10.1. The highest BCUT2D eigenvalue weighted by atomic mass is 15.1. The highest BCUT2D eigenvalue weighted by Crippen LogP contribution is 2.34. The number of aryl methyl sites for hydroxylation is 1. The molecule has 1 aliphatic carbocycles. The molecule has 0 N–H and O–H groups in total. The van der Waals surface area contributed by atoms with Gasteiger partial charge in [-0.25, -0.2) is 4.98 Å². The SMILES string of the molecule is C=C(C)/C=C\c1nc(C)n(C2CCC2)c1C. The van der Waals surface area contributed by atoms with Gasteiger partial charge < -0.3 is 4.57 Å². The van der Waals surface area contributed by atoms with Crippen molar-refractivity contribution in [3.63, 3.8) is 0 Å². The van der Waals surface area contributed by atoms with E-state index in [1.165, 1.54) is 25.0 Å². The van der Waals surface area contributed by atoms with E-state index in [2.05, 4.69) is 36.1 Å². The lowest BCUT2D eigenvalue weighted by Gasteiger charge is -2.29. The lowest BCUT2D eigenvalue weighted by atomic mass is 9.92. The molecule has 0 radical (unpaired) electrons. The van der Waals surface area contributed by atoms with E-state index in [1.807, 2.05) is 13.0 Å². The fourth-order valence-electron chi connectivity index (χ4n) is 2.24. The van der Waals surface area contributed by atoms with Crippen LogP contribution < -0.4 is 0 Å². The summed E-state index contributed by atoms with van der Waals surface area (Å²) in [6.07, 6.45) is 8.07. The average Bonchev–Trinajstić information content (AvgIpc) is 2.40. The molecule has 1 aliphatic rings. The number of hydrogen-bond acceptors (Lipinski definition) is 1. The third-order valence-electron chi connectivity index (χ3n) is 3.33. The molecule has 0 atom stereocenters. The average molecular weight is 216 g/mol. The molecule has 1 fully saturated rings. The quantitative estimate of drug-likeness (QED) is 0.702. The van der Waals surface area contributed by atoms with Crippen molar-refractivity contribution in [1.29, 1.82) is 0 Å². The Labute approximate surface area is 97.7 Å². The molecule has 2 nitrogen and oxygen atoms in total. The number of hydrogen-bond donors (Lipinski definition) is 0. The van der Waals surface area contributed by atoms with E-state index < -0.39 is 0 Å². The lowest BCUT2D eigenvalue weighted by molar-refractivity contribution is 0.304. The fraction of sp³-hybridized carbons (Fsp3) is 0.500. The molecule has 16 heavy (non-hydrogen) atoms. The predicted molar refractivity (Wildman–Crippen MR) is 68.4 cm³/mol. The van der Waals surface area contributed by atoms with Crippen molar-refractivity contribution in [2.45, 2.75) is 46.1 Å². The molecule has 0 unspecified atom stereocenters. The third kappa shape index (κ3) is 1.97. The van der Waals surface area contributed by atoms with Crippen molar-refractivity contribution in [3.05, 3.63) is 35.4 Å². The van der Waals surface area contributed by atoms with Gasteiger partial charge in [-0.3, -0.25) is 0 Å². The van der Waals surface area contributed by atoms with E-state index >= 15 is 0 Å². The van der Waals surface area contributed by atoms with Gasteiger partial charge in [-0.05, 0) is 46.1 Å². The number of rotatable bonds is 3. The van der Waals surface area contributed by atoms with Crippen LogP contribution in [0.5, 0.6) is 0 Å². The van der Waals surface area contributed by atoms with Crippen LogP contribution in [0.25, 0.3) is 6.08 Å². The number of imidazole rings is 1. The first-order chi connectivity index (χ1) is 7.59. The minimum Gasteiger partial charge on any atom is -0.329 e. The van der Waals surface area contributed by atoms with Crippen molar-refractivity contribution in [2.75, 3.05) is 0 Å². The van der Waals surface area contributed by atoms with E-state index in [0.29, 0.717) is 6.04 Å². The van der Waals surface area contributed by atoms with Gasteiger partial charge in [0.25, 0.3) is 0 Å². The molecule has 1 aromatic heterocycles. The van der Waals surface area contributed by atoms with Gasteiger partial charge in [0.2, 0.25) is 0 Å². The topological polar surface area (TPSA) is 17.8 Å². The van der Waals surface area contributed by atoms with Gasteiger partial charge in [0.05, 0.1) is 5.69 Å². The maximum Gasteiger partial charge on any atom is 0.106 e. The first-order valence-corrected chi connectivity index (χ1v) is 5.98. The monoisotopic (exact) mass is 216 g/mol. The smallest absolute Gasteiger partial charge is 0.106 e. The fourth-order valence-corrected chi connectivity index (χ4v) is 2.24. The zero-order valence-corrected chi connectivity index (χ0v) is 10.5. The highest BCUT2D eigenvalue weighted by molar-refractivity contribution is 5.51. The molecule has 0 bridgehead atoms. The van der Waals surface area contributed by atoms with Crippen LogP contribution in [-0.4, -0.2) is 9.55 Å². The van der Waals surface area contributed by atoms with Crippen LogP contribution in [0.15, 0.2) is 18.2 Å². The molecule has 0 aliphatic heterocycles. The molecule has 2 rings (SSSR count). The van der Waals surface area contributed by atoms with Crippen LogP contribution in [-0.2, 0) is 0 Å². The largest absolute Gasteiger partial charge is 0.329 e. The zero-order chi connectivity index (χ0) is 11.7. The first kappa shape index (κ1) is 11.2. The summed E-state index contributed by atoms with van der Waals surface area (Å²) in [5.41, 5.74) is 3.45. The molecule has 1 saturated carbocycles. The molecule has 86 valence electrons. The molecular weight excluding hydrogens is 196 g/mol. The minimum absolute atomic E-state index is 0.694. The number of allylic oxidation sites excluding steroid dienone is 2. The van der Waals surface area contributed by atoms with Crippen molar-refractivity contribution in [3.8, 4) is 0 Å². The van der Waals surface area contributed by atoms with Gasteiger partial charge in [0.15, 0.2) is 0 Å². The predicted octanol–water partition coefficient (Wildman–Crippen LogP) is 3.81. The van der Waals surface area contributed by atoms with Gasteiger partial charge in [-0.2, -0.15) is 0 Å². The second-order valence-corrected chi connectivity index (χ2v) is 4.76. The summed E-state index contributed by atoms with van der Waals surface area (Å²) in [4.78, 5) is 4.62. The molecule has 1 heterocycles. The van der Waals surface area contributed by atoms with Crippen LogP contribution in [0.4, 0.5) is 0 Å². The normalized spacial score (nSPS) is 16.7. The maximum atomic E-state index is 4.62. The van der Waals surface area contributed by atoms with Crippen LogP contribution in [0, 0.1) is 13.8 Å². The molecule has 0 aromatic carbocycles. The van der Waals surface area contributed by atoms with Crippen LogP contribution >= 0.6 is 0 Å². The summed E-state index contributed by atoms with van der Waals surface area (Å²) in [7, 11) is 0. The Kier molecular flexibility index (Phi) is 2.99. The molecule has 0 saturated heterocycles.